The quantitative estimate of drug-likeness (QED) is 0.571. The molecule has 2 aromatic rings. The summed E-state index contributed by atoms with van der Waals surface area (Å²) in [5.41, 5.74) is 5.32. The molecule has 0 spiro atoms. The molecule has 0 aliphatic carbocycles. The number of nitrogens with one attached hydrogen (secondary N) is 1. The van der Waals surface area contributed by atoms with Crippen LogP contribution in [0.5, 0.6) is 5.75 Å². The maximum absolute atomic E-state index is 11.8. The number of nitrogens with two attached hydrogens (primary N) is 1. The molecule has 0 saturated heterocycles. The molecule has 0 aliphatic rings. The monoisotopic (exact) mass is 291 g/mol. The zero-order valence-electron chi connectivity index (χ0n) is 11.9. The average molecular weight is 291 g/mol. The number of aryl methyl sites for hydroxylation is 1. The Hall–Kier alpha value is -2.77. The average Bonchev–Trinajstić information content (AvgIpc) is 2.46. The summed E-state index contributed by atoms with van der Waals surface area (Å²) in [6.07, 6.45) is 0. The minimum atomic E-state index is -0.471. The Morgan fingerprint density at radius 2 is 2.10 bits per heavy atom. The van der Waals surface area contributed by atoms with Crippen LogP contribution >= 0.6 is 0 Å². The Bertz CT molecular complexity index is 750. The lowest BCUT2D eigenvalue weighted by Gasteiger charge is -2.09. The fourth-order valence-corrected chi connectivity index (χ4v) is 1.75. The number of hydrogen-bond donors (Lipinski definition) is 2. The Morgan fingerprint density at radius 3 is 2.81 bits per heavy atom. The third kappa shape index (κ3) is 3.41. The number of aromatic nitrogens is 3. The zero-order chi connectivity index (χ0) is 15.4. The van der Waals surface area contributed by atoms with E-state index in [0.29, 0.717) is 24.6 Å². The lowest BCUT2D eigenvalue weighted by atomic mass is 10.3. The zero-order valence-corrected chi connectivity index (χ0v) is 11.9. The highest BCUT2D eigenvalue weighted by Gasteiger charge is 2.07. The Kier molecular flexibility index (Phi) is 4.27. The van der Waals surface area contributed by atoms with Crippen LogP contribution in [0.3, 0.4) is 0 Å². The van der Waals surface area contributed by atoms with E-state index >= 15 is 0 Å². The number of anilines is 2. The van der Waals surface area contributed by atoms with E-state index in [9.17, 15) is 9.59 Å². The number of nitrogens with zero attached hydrogens (tertiary/aromatic N) is 3. The van der Waals surface area contributed by atoms with Crippen LogP contribution in [-0.4, -0.2) is 27.5 Å². The number of nitrogen functional groups attached to an aromatic ring is 1. The fourth-order valence-electron chi connectivity index (χ4n) is 1.75. The van der Waals surface area contributed by atoms with Crippen LogP contribution in [0.25, 0.3) is 0 Å². The second-order valence-electron chi connectivity index (χ2n) is 4.47. The molecule has 0 aliphatic heterocycles. The minimum absolute atomic E-state index is 0.107. The molecule has 8 nitrogen and oxygen atoms in total. The molecular weight excluding hydrogens is 274 g/mol. The van der Waals surface area contributed by atoms with Gasteiger partial charge in [0.25, 0.3) is 5.56 Å². The van der Waals surface area contributed by atoms with E-state index < -0.39 is 11.2 Å². The van der Waals surface area contributed by atoms with E-state index in [0.717, 1.165) is 9.25 Å². The van der Waals surface area contributed by atoms with E-state index in [1.54, 1.807) is 24.3 Å². The van der Waals surface area contributed by atoms with Gasteiger partial charge in [-0.25, -0.2) is 9.48 Å². The smallest absolute Gasteiger partial charge is 0.346 e. The van der Waals surface area contributed by atoms with Gasteiger partial charge < -0.3 is 15.8 Å². The lowest BCUT2D eigenvalue weighted by Crippen LogP contribution is -2.40. The fraction of sp³-hybridized carbons (Fsp3) is 0.308. The lowest BCUT2D eigenvalue weighted by molar-refractivity contribution is 0.332. The van der Waals surface area contributed by atoms with Crippen molar-refractivity contribution < 1.29 is 4.74 Å². The van der Waals surface area contributed by atoms with Gasteiger partial charge in [-0.05, 0) is 12.1 Å². The van der Waals surface area contributed by atoms with Crippen LogP contribution in [0.2, 0.25) is 0 Å². The first kappa shape index (κ1) is 14.6. The van der Waals surface area contributed by atoms with Crippen molar-refractivity contribution in [2.45, 2.75) is 0 Å². The second kappa shape index (κ2) is 6.12. The number of ether oxygens (including phenoxy) is 1. The van der Waals surface area contributed by atoms with Crippen molar-refractivity contribution in [1.29, 1.82) is 0 Å². The summed E-state index contributed by atoms with van der Waals surface area (Å²) in [5.74, 6) is 0.758. The third-order valence-corrected chi connectivity index (χ3v) is 2.84. The van der Waals surface area contributed by atoms with Crippen LogP contribution in [0.4, 0.5) is 11.5 Å². The Balaban J connectivity index is 1.95. The SMILES string of the molecule is Cn1nc(NCCOc2cccc(N)c2)c(=O)n(C)c1=O. The van der Waals surface area contributed by atoms with Crippen LogP contribution in [0.15, 0.2) is 33.9 Å². The van der Waals surface area contributed by atoms with Gasteiger partial charge >= 0.3 is 5.69 Å². The normalized spacial score (nSPS) is 10.4. The van der Waals surface area contributed by atoms with Gasteiger partial charge in [-0.15, -0.1) is 5.10 Å². The molecule has 0 unspecified atom stereocenters. The summed E-state index contributed by atoms with van der Waals surface area (Å²) < 4.78 is 7.58. The highest BCUT2D eigenvalue weighted by atomic mass is 16.5. The van der Waals surface area contributed by atoms with E-state index in [1.807, 2.05) is 0 Å². The van der Waals surface area contributed by atoms with Crippen molar-refractivity contribution >= 4 is 11.5 Å². The van der Waals surface area contributed by atoms with Gasteiger partial charge in [0, 0.05) is 25.8 Å². The summed E-state index contributed by atoms with van der Waals surface area (Å²) in [6, 6.07) is 7.06. The van der Waals surface area contributed by atoms with E-state index in [-0.39, 0.29) is 5.82 Å². The molecule has 1 heterocycles. The van der Waals surface area contributed by atoms with Gasteiger partial charge in [-0.1, -0.05) is 6.07 Å². The predicted molar refractivity (Wildman–Crippen MR) is 79.6 cm³/mol. The van der Waals surface area contributed by atoms with Gasteiger partial charge in [-0.2, -0.15) is 0 Å². The van der Waals surface area contributed by atoms with Gasteiger partial charge in [0.05, 0.1) is 6.54 Å². The molecule has 0 fully saturated rings. The van der Waals surface area contributed by atoms with E-state index in [4.69, 9.17) is 10.5 Å². The maximum Gasteiger partial charge on any atom is 0.346 e. The number of hydrogen-bond acceptors (Lipinski definition) is 6. The molecule has 0 radical (unpaired) electrons. The third-order valence-electron chi connectivity index (χ3n) is 2.84. The predicted octanol–water partition coefficient (Wildman–Crippen LogP) is -0.448. The first-order valence-electron chi connectivity index (χ1n) is 6.35. The highest BCUT2D eigenvalue weighted by molar-refractivity contribution is 5.43. The maximum atomic E-state index is 11.8. The first-order chi connectivity index (χ1) is 9.99. The van der Waals surface area contributed by atoms with E-state index in [2.05, 4.69) is 10.4 Å². The van der Waals surface area contributed by atoms with Crippen LogP contribution in [0.1, 0.15) is 0 Å². The molecular formula is C13H17N5O3. The Morgan fingerprint density at radius 1 is 1.33 bits per heavy atom. The summed E-state index contributed by atoms with van der Waals surface area (Å²) in [5, 5.41) is 6.72. The van der Waals surface area contributed by atoms with Gasteiger partial charge in [-0.3, -0.25) is 9.36 Å². The van der Waals surface area contributed by atoms with Crippen molar-refractivity contribution in [3.8, 4) is 5.75 Å². The number of benzene rings is 1. The molecule has 0 atom stereocenters. The molecule has 3 N–H and O–H groups in total. The first-order valence-corrected chi connectivity index (χ1v) is 6.35. The molecule has 1 aromatic carbocycles. The summed E-state index contributed by atoms with van der Waals surface area (Å²) in [6.45, 7) is 0.701. The van der Waals surface area contributed by atoms with Gasteiger partial charge in [0.15, 0.2) is 0 Å². The van der Waals surface area contributed by atoms with Crippen molar-refractivity contribution in [1.82, 2.24) is 14.3 Å². The molecule has 112 valence electrons. The molecule has 2 rings (SSSR count). The summed E-state index contributed by atoms with van der Waals surface area (Å²) in [7, 11) is 2.89. The van der Waals surface area contributed by atoms with Crippen molar-refractivity contribution in [3.05, 3.63) is 45.1 Å². The molecule has 1 aromatic heterocycles. The highest BCUT2D eigenvalue weighted by Crippen LogP contribution is 2.13. The van der Waals surface area contributed by atoms with Crippen LogP contribution in [-0.2, 0) is 14.1 Å². The largest absolute Gasteiger partial charge is 0.492 e. The standard InChI is InChI=1S/C13H17N5O3/c1-17-12(19)11(16-18(2)13(17)20)15-6-7-21-10-5-3-4-9(14)8-10/h3-5,8H,6-7,14H2,1-2H3,(H,15,16). The molecule has 0 bridgehead atoms. The van der Waals surface area contributed by atoms with E-state index in [1.165, 1.54) is 14.1 Å². The second-order valence-corrected chi connectivity index (χ2v) is 4.47. The van der Waals surface area contributed by atoms with Crippen LogP contribution < -0.4 is 27.0 Å². The van der Waals surface area contributed by atoms with Crippen molar-refractivity contribution in [2.24, 2.45) is 14.1 Å². The summed E-state index contributed by atoms with van der Waals surface area (Å²) in [4.78, 5) is 23.3. The van der Waals surface area contributed by atoms with Gasteiger partial charge in [0.1, 0.15) is 12.4 Å². The van der Waals surface area contributed by atoms with Crippen molar-refractivity contribution in [3.63, 3.8) is 0 Å². The topological polar surface area (TPSA) is 104 Å². The summed E-state index contributed by atoms with van der Waals surface area (Å²) >= 11 is 0. The molecule has 0 saturated carbocycles. The van der Waals surface area contributed by atoms with Gasteiger partial charge in [0.2, 0.25) is 5.82 Å². The molecule has 8 heteroatoms. The van der Waals surface area contributed by atoms with Crippen molar-refractivity contribution in [2.75, 3.05) is 24.2 Å². The molecule has 0 amide bonds. The van der Waals surface area contributed by atoms with Crippen LogP contribution in [0, 0.1) is 0 Å². The minimum Gasteiger partial charge on any atom is -0.492 e. The molecule has 21 heavy (non-hydrogen) atoms. The Labute approximate surface area is 120 Å². The number of rotatable bonds is 5.